The first-order valence-corrected chi connectivity index (χ1v) is 7.27. The van der Waals surface area contributed by atoms with Crippen molar-refractivity contribution in [1.29, 1.82) is 0 Å². The maximum Gasteiger partial charge on any atom is 0.220 e. The van der Waals surface area contributed by atoms with Crippen LogP contribution in [0.3, 0.4) is 0 Å². The summed E-state index contributed by atoms with van der Waals surface area (Å²) in [6, 6.07) is 8.63. The van der Waals surface area contributed by atoms with Crippen LogP contribution in [0, 0.1) is 0 Å². The van der Waals surface area contributed by atoms with E-state index in [1.807, 2.05) is 6.07 Å². The van der Waals surface area contributed by atoms with Crippen LogP contribution in [0.15, 0.2) is 41.0 Å². The maximum absolute atomic E-state index is 11.6. The standard InChI is InChI=1S/C15H15Cl2NO3/c16-11-5-6-14(13(17)9-11)21-8-2-4-15(19)18-10-12-3-1-7-20-12/h1,3,5-7,9H,2,4,8,10H2,(H,18,19). The van der Waals surface area contributed by atoms with E-state index < -0.39 is 0 Å². The fraction of sp³-hybridized carbons (Fsp3) is 0.267. The SMILES string of the molecule is O=C(CCCOc1ccc(Cl)cc1Cl)NCc1ccco1. The Balaban J connectivity index is 1.64. The van der Waals surface area contributed by atoms with Crippen molar-refractivity contribution in [1.82, 2.24) is 5.32 Å². The van der Waals surface area contributed by atoms with Gasteiger partial charge in [-0.3, -0.25) is 4.79 Å². The summed E-state index contributed by atoms with van der Waals surface area (Å²) in [6.45, 7) is 0.811. The monoisotopic (exact) mass is 327 g/mol. The van der Waals surface area contributed by atoms with Gasteiger partial charge in [-0.1, -0.05) is 23.2 Å². The van der Waals surface area contributed by atoms with Crippen molar-refractivity contribution in [3.05, 3.63) is 52.4 Å². The third-order valence-electron chi connectivity index (χ3n) is 2.74. The van der Waals surface area contributed by atoms with Crippen molar-refractivity contribution in [3.63, 3.8) is 0 Å². The van der Waals surface area contributed by atoms with E-state index in [1.165, 1.54) is 0 Å². The van der Waals surface area contributed by atoms with E-state index >= 15 is 0 Å². The van der Waals surface area contributed by atoms with Crippen molar-refractivity contribution in [2.75, 3.05) is 6.61 Å². The molecule has 6 heteroatoms. The first-order chi connectivity index (χ1) is 10.1. The maximum atomic E-state index is 11.6. The van der Waals surface area contributed by atoms with Gasteiger partial charge in [0.2, 0.25) is 5.91 Å². The van der Waals surface area contributed by atoms with E-state index in [4.69, 9.17) is 32.4 Å². The average Bonchev–Trinajstić information content (AvgIpc) is 2.96. The Morgan fingerprint density at radius 1 is 1.29 bits per heavy atom. The zero-order valence-corrected chi connectivity index (χ0v) is 12.8. The first-order valence-electron chi connectivity index (χ1n) is 6.52. The molecule has 1 amide bonds. The Labute approximate surface area is 133 Å². The van der Waals surface area contributed by atoms with Crippen molar-refractivity contribution in [3.8, 4) is 5.75 Å². The highest BCUT2D eigenvalue weighted by Crippen LogP contribution is 2.27. The van der Waals surface area contributed by atoms with Crippen LogP contribution in [-0.2, 0) is 11.3 Å². The van der Waals surface area contributed by atoms with Crippen LogP contribution in [0.5, 0.6) is 5.75 Å². The number of halogens is 2. The molecular formula is C15H15Cl2NO3. The molecule has 0 saturated carbocycles. The number of furan rings is 1. The fourth-order valence-corrected chi connectivity index (χ4v) is 2.16. The summed E-state index contributed by atoms with van der Waals surface area (Å²) in [5.41, 5.74) is 0. The Morgan fingerprint density at radius 3 is 2.86 bits per heavy atom. The Morgan fingerprint density at radius 2 is 2.14 bits per heavy atom. The van der Waals surface area contributed by atoms with Crippen LogP contribution >= 0.6 is 23.2 Å². The van der Waals surface area contributed by atoms with Gasteiger partial charge in [-0.25, -0.2) is 0 Å². The van der Waals surface area contributed by atoms with Gasteiger partial charge >= 0.3 is 0 Å². The van der Waals surface area contributed by atoms with Gasteiger partial charge in [0.15, 0.2) is 0 Å². The lowest BCUT2D eigenvalue weighted by molar-refractivity contribution is -0.121. The molecule has 21 heavy (non-hydrogen) atoms. The molecule has 1 aromatic heterocycles. The van der Waals surface area contributed by atoms with Crippen LogP contribution in [0.2, 0.25) is 10.0 Å². The minimum absolute atomic E-state index is 0.0443. The van der Waals surface area contributed by atoms with Crippen molar-refractivity contribution in [2.24, 2.45) is 0 Å². The lowest BCUT2D eigenvalue weighted by Gasteiger charge is -2.08. The van der Waals surface area contributed by atoms with E-state index in [0.717, 1.165) is 5.76 Å². The minimum atomic E-state index is -0.0443. The molecule has 4 nitrogen and oxygen atoms in total. The molecule has 0 aliphatic carbocycles. The number of hydrogen-bond donors (Lipinski definition) is 1. The predicted molar refractivity (Wildman–Crippen MR) is 81.7 cm³/mol. The van der Waals surface area contributed by atoms with Crippen LogP contribution in [0.1, 0.15) is 18.6 Å². The highest BCUT2D eigenvalue weighted by Gasteiger charge is 2.05. The zero-order valence-electron chi connectivity index (χ0n) is 11.3. The highest BCUT2D eigenvalue weighted by molar-refractivity contribution is 6.35. The van der Waals surface area contributed by atoms with Crippen molar-refractivity contribution < 1.29 is 13.9 Å². The van der Waals surface area contributed by atoms with Crippen molar-refractivity contribution >= 4 is 29.1 Å². The fourth-order valence-electron chi connectivity index (χ4n) is 1.69. The average molecular weight is 328 g/mol. The summed E-state index contributed by atoms with van der Waals surface area (Å²) in [5.74, 6) is 1.25. The molecule has 0 atom stereocenters. The molecule has 0 aliphatic rings. The van der Waals surface area contributed by atoms with Gasteiger partial charge in [0, 0.05) is 11.4 Å². The lowest BCUT2D eigenvalue weighted by atomic mass is 10.3. The summed E-state index contributed by atoms with van der Waals surface area (Å²) in [5, 5.41) is 3.79. The Kier molecular flexibility index (Phi) is 5.96. The van der Waals surface area contributed by atoms with Gasteiger partial charge in [-0.2, -0.15) is 0 Å². The molecule has 0 unspecified atom stereocenters. The van der Waals surface area contributed by atoms with Gasteiger partial charge in [0.05, 0.1) is 24.4 Å². The molecule has 1 aromatic carbocycles. The third-order valence-corrected chi connectivity index (χ3v) is 3.27. The Hall–Kier alpha value is -1.65. The molecule has 0 radical (unpaired) electrons. The quantitative estimate of drug-likeness (QED) is 0.780. The topological polar surface area (TPSA) is 51.5 Å². The number of benzene rings is 1. The van der Waals surface area contributed by atoms with E-state index in [2.05, 4.69) is 5.32 Å². The van der Waals surface area contributed by atoms with Crippen molar-refractivity contribution in [2.45, 2.75) is 19.4 Å². The third kappa shape index (κ3) is 5.33. The Bertz CT molecular complexity index is 585. The van der Waals surface area contributed by atoms with Crippen LogP contribution in [0.4, 0.5) is 0 Å². The second kappa shape index (κ2) is 7.96. The van der Waals surface area contributed by atoms with Crippen LogP contribution in [0.25, 0.3) is 0 Å². The summed E-state index contributed by atoms with van der Waals surface area (Å²) in [4.78, 5) is 11.6. The van der Waals surface area contributed by atoms with Crippen LogP contribution < -0.4 is 10.1 Å². The molecule has 2 rings (SSSR count). The molecule has 0 bridgehead atoms. The van der Waals surface area contributed by atoms with Gasteiger partial charge in [0.1, 0.15) is 11.5 Å². The lowest BCUT2D eigenvalue weighted by Crippen LogP contribution is -2.22. The number of nitrogens with one attached hydrogen (secondary N) is 1. The number of ether oxygens (including phenoxy) is 1. The van der Waals surface area contributed by atoms with Gasteiger partial charge < -0.3 is 14.5 Å². The molecule has 0 aliphatic heterocycles. The highest BCUT2D eigenvalue weighted by atomic mass is 35.5. The van der Waals surface area contributed by atoms with E-state index in [9.17, 15) is 4.79 Å². The number of rotatable bonds is 7. The molecule has 112 valence electrons. The molecular weight excluding hydrogens is 313 g/mol. The summed E-state index contributed by atoms with van der Waals surface area (Å²) in [7, 11) is 0. The van der Waals surface area contributed by atoms with Gasteiger partial charge in [-0.15, -0.1) is 0 Å². The zero-order chi connectivity index (χ0) is 15.1. The molecule has 0 spiro atoms. The second-order valence-corrected chi connectivity index (χ2v) is 5.23. The normalized spacial score (nSPS) is 10.4. The smallest absolute Gasteiger partial charge is 0.220 e. The van der Waals surface area contributed by atoms with Crippen LogP contribution in [-0.4, -0.2) is 12.5 Å². The number of amides is 1. The van der Waals surface area contributed by atoms with E-state index in [-0.39, 0.29) is 5.91 Å². The molecule has 0 fully saturated rings. The second-order valence-electron chi connectivity index (χ2n) is 4.38. The number of hydrogen-bond acceptors (Lipinski definition) is 3. The predicted octanol–water partition coefficient (Wildman–Crippen LogP) is 4.06. The van der Waals surface area contributed by atoms with Gasteiger partial charge in [0.25, 0.3) is 0 Å². The summed E-state index contributed by atoms with van der Waals surface area (Å²) in [6.07, 6.45) is 2.56. The molecule has 0 saturated heterocycles. The first kappa shape index (κ1) is 15.7. The van der Waals surface area contributed by atoms with E-state index in [0.29, 0.717) is 41.8 Å². The molecule has 1 heterocycles. The van der Waals surface area contributed by atoms with E-state index in [1.54, 1.807) is 30.5 Å². The summed E-state index contributed by atoms with van der Waals surface area (Å²) < 4.78 is 10.6. The largest absolute Gasteiger partial charge is 0.492 e. The summed E-state index contributed by atoms with van der Waals surface area (Å²) >= 11 is 11.8. The molecule has 2 aromatic rings. The number of carbonyl (C=O) groups excluding carboxylic acids is 1. The molecule has 1 N–H and O–H groups in total. The number of carbonyl (C=O) groups is 1. The van der Waals surface area contributed by atoms with Gasteiger partial charge in [-0.05, 0) is 36.8 Å². The minimum Gasteiger partial charge on any atom is -0.492 e.